The van der Waals surface area contributed by atoms with Gasteiger partial charge in [-0.15, -0.1) is 12.4 Å². The number of rotatable bonds is 3. The molecule has 0 saturated heterocycles. The standard InChI is InChI=1S/C9H13NO2.ClH/c10-9(5-6-11)7-1-3-8(12)4-2-7;/h1-4,9,11-12H,5-6,10H2;1H. The van der Waals surface area contributed by atoms with E-state index in [1.807, 2.05) is 0 Å². The second-order valence-electron chi connectivity index (χ2n) is 2.71. The molecular formula is C9H14ClNO2. The minimum absolute atomic E-state index is 0. The smallest absolute Gasteiger partial charge is 0.115 e. The van der Waals surface area contributed by atoms with Crippen molar-refractivity contribution in [2.24, 2.45) is 5.73 Å². The summed E-state index contributed by atoms with van der Waals surface area (Å²) in [5.41, 5.74) is 6.65. The number of benzene rings is 1. The summed E-state index contributed by atoms with van der Waals surface area (Å²) in [4.78, 5) is 0. The van der Waals surface area contributed by atoms with Crippen LogP contribution in [0, 0.1) is 0 Å². The van der Waals surface area contributed by atoms with Crippen molar-refractivity contribution in [2.75, 3.05) is 6.61 Å². The van der Waals surface area contributed by atoms with E-state index in [4.69, 9.17) is 15.9 Å². The van der Waals surface area contributed by atoms with Crippen molar-refractivity contribution in [3.63, 3.8) is 0 Å². The van der Waals surface area contributed by atoms with Crippen molar-refractivity contribution >= 4 is 12.4 Å². The van der Waals surface area contributed by atoms with Gasteiger partial charge in [-0.25, -0.2) is 0 Å². The molecular weight excluding hydrogens is 190 g/mol. The molecule has 1 rings (SSSR count). The number of hydrogen-bond acceptors (Lipinski definition) is 3. The van der Waals surface area contributed by atoms with Gasteiger partial charge in [-0.1, -0.05) is 12.1 Å². The lowest BCUT2D eigenvalue weighted by molar-refractivity contribution is 0.276. The lowest BCUT2D eigenvalue weighted by atomic mass is 10.1. The maximum absolute atomic E-state index is 8.98. The lowest BCUT2D eigenvalue weighted by Crippen LogP contribution is -2.11. The van der Waals surface area contributed by atoms with Gasteiger partial charge in [0.2, 0.25) is 0 Å². The van der Waals surface area contributed by atoms with Crippen LogP contribution in [0.4, 0.5) is 0 Å². The van der Waals surface area contributed by atoms with Crippen LogP contribution >= 0.6 is 12.4 Å². The van der Waals surface area contributed by atoms with E-state index in [0.29, 0.717) is 6.42 Å². The highest BCUT2D eigenvalue weighted by Gasteiger charge is 2.03. The molecule has 13 heavy (non-hydrogen) atoms. The molecule has 0 saturated carbocycles. The summed E-state index contributed by atoms with van der Waals surface area (Å²) in [7, 11) is 0. The van der Waals surface area contributed by atoms with Crippen LogP contribution in [0.25, 0.3) is 0 Å². The number of aliphatic hydroxyl groups is 1. The Labute approximate surface area is 83.6 Å². The Balaban J connectivity index is 0.00000144. The highest BCUT2D eigenvalue weighted by atomic mass is 35.5. The zero-order valence-electron chi connectivity index (χ0n) is 7.18. The van der Waals surface area contributed by atoms with E-state index >= 15 is 0 Å². The van der Waals surface area contributed by atoms with Crippen LogP contribution in [-0.2, 0) is 0 Å². The lowest BCUT2D eigenvalue weighted by Gasteiger charge is -2.09. The van der Waals surface area contributed by atoms with Crippen molar-refractivity contribution in [1.82, 2.24) is 0 Å². The number of nitrogens with two attached hydrogens (primary N) is 1. The van der Waals surface area contributed by atoms with Crippen LogP contribution in [-0.4, -0.2) is 16.8 Å². The minimum Gasteiger partial charge on any atom is -0.508 e. The number of phenolic OH excluding ortho intramolecular Hbond substituents is 1. The van der Waals surface area contributed by atoms with Crippen molar-refractivity contribution in [1.29, 1.82) is 0 Å². The summed E-state index contributed by atoms with van der Waals surface area (Å²) in [6.07, 6.45) is 0.546. The molecule has 0 radical (unpaired) electrons. The van der Waals surface area contributed by atoms with Crippen LogP contribution in [0.3, 0.4) is 0 Å². The Morgan fingerprint density at radius 3 is 2.23 bits per heavy atom. The van der Waals surface area contributed by atoms with Gasteiger partial charge in [0.05, 0.1) is 0 Å². The normalized spacial score (nSPS) is 11.8. The van der Waals surface area contributed by atoms with Gasteiger partial charge in [0.15, 0.2) is 0 Å². The first-order valence-corrected chi connectivity index (χ1v) is 3.89. The Bertz CT molecular complexity index is 238. The van der Waals surface area contributed by atoms with Gasteiger partial charge in [-0.2, -0.15) is 0 Å². The van der Waals surface area contributed by atoms with Crippen LogP contribution in [0.15, 0.2) is 24.3 Å². The van der Waals surface area contributed by atoms with Crippen molar-refractivity contribution in [3.05, 3.63) is 29.8 Å². The Morgan fingerprint density at radius 2 is 1.77 bits per heavy atom. The molecule has 0 bridgehead atoms. The van der Waals surface area contributed by atoms with E-state index in [-0.39, 0.29) is 30.8 Å². The summed E-state index contributed by atoms with van der Waals surface area (Å²) in [5, 5.41) is 17.6. The van der Waals surface area contributed by atoms with E-state index in [2.05, 4.69) is 0 Å². The van der Waals surface area contributed by atoms with E-state index in [1.165, 1.54) is 0 Å². The maximum atomic E-state index is 8.98. The zero-order chi connectivity index (χ0) is 8.97. The zero-order valence-corrected chi connectivity index (χ0v) is 8.00. The van der Waals surface area contributed by atoms with E-state index in [1.54, 1.807) is 24.3 Å². The molecule has 0 aromatic heterocycles. The van der Waals surface area contributed by atoms with Gasteiger partial charge in [-0.05, 0) is 24.1 Å². The summed E-state index contributed by atoms with van der Waals surface area (Å²) >= 11 is 0. The van der Waals surface area contributed by atoms with Crippen molar-refractivity contribution in [3.8, 4) is 5.75 Å². The molecule has 0 fully saturated rings. The van der Waals surface area contributed by atoms with E-state index < -0.39 is 0 Å². The number of hydrogen-bond donors (Lipinski definition) is 3. The first-order valence-electron chi connectivity index (χ1n) is 3.89. The predicted molar refractivity (Wildman–Crippen MR) is 54.0 cm³/mol. The molecule has 0 amide bonds. The van der Waals surface area contributed by atoms with Crippen molar-refractivity contribution < 1.29 is 10.2 Å². The predicted octanol–water partition coefficient (Wildman–Crippen LogP) is 1.20. The summed E-state index contributed by atoms with van der Waals surface area (Å²) in [6.45, 7) is 0.0854. The molecule has 0 heterocycles. The average molecular weight is 204 g/mol. The fraction of sp³-hybridized carbons (Fsp3) is 0.333. The van der Waals surface area contributed by atoms with Crippen LogP contribution in [0.1, 0.15) is 18.0 Å². The maximum Gasteiger partial charge on any atom is 0.115 e. The fourth-order valence-corrected chi connectivity index (χ4v) is 1.03. The van der Waals surface area contributed by atoms with Gasteiger partial charge in [0.1, 0.15) is 5.75 Å². The highest BCUT2D eigenvalue weighted by Crippen LogP contribution is 2.16. The van der Waals surface area contributed by atoms with Crippen molar-refractivity contribution in [2.45, 2.75) is 12.5 Å². The topological polar surface area (TPSA) is 66.5 Å². The third kappa shape index (κ3) is 3.63. The summed E-state index contributed by atoms with van der Waals surface area (Å²) < 4.78 is 0. The second kappa shape index (κ2) is 5.80. The van der Waals surface area contributed by atoms with E-state index in [0.717, 1.165) is 5.56 Å². The third-order valence-electron chi connectivity index (χ3n) is 1.76. The average Bonchev–Trinajstić information content (AvgIpc) is 2.06. The number of aliphatic hydroxyl groups excluding tert-OH is 1. The molecule has 1 atom stereocenters. The Kier molecular flexibility index (Phi) is 5.46. The molecule has 0 spiro atoms. The van der Waals surface area contributed by atoms with Gasteiger partial charge in [0, 0.05) is 12.6 Å². The molecule has 4 heteroatoms. The van der Waals surface area contributed by atoms with Gasteiger partial charge >= 0.3 is 0 Å². The molecule has 4 N–H and O–H groups in total. The summed E-state index contributed by atoms with van der Waals surface area (Å²) in [6, 6.07) is 6.56. The SMILES string of the molecule is Cl.NC(CCO)c1ccc(O)cc1. The van der Waals surface area contributed by atoms with Gasteiger partial charge in [0.25, 0.3) is 0 Å². The minimum atomic E-state index is -0.143. The number of aromatic hydroxyl groups is 1. The Hall–Kier alpha value is -0.770. The largest absolute Gasteiger partial charge is 0.508 e. The molecule has 1 unspecified atom stereocenters. The molecule has 1 aromatic carbocycles. The fourth-order valence-electron chi connectivity index (χ4n) is 1.03. The summed E-state index contributed by atoms with van der Waals surface area (Å²) in [5.74, 6) is 0.231. The highest BCUT2D eigenvalue weighted by molar-refractivity contribution is 5.85. The molecule has 3 nitrogen and oxygen atoms in total. The van der Waals surface area contributed by atoms with Gasteiger partial charge < -0.3 is 15.9 Å². The third-order valence-corrected chi connectivity index (χ3v) is 1.76. The number of phenols is 1. The number of halogens is 1. The molecule has 0 aliphatic carbocycles. The van der Waals surface area contributed by atoms with Crippen LogP contribution in [0.5, 0.6) is 5.75 Å². The molecule has 0 aliphatic heterocycles. The Morgan fingerprint density at radius 1 is 1.23 bits per heavy atom. The molecule has 74 valence electrons. The van der Waals surface area contributed by atoms with E-state index in [9.17, 15) is 0 Å². The van der Waals surface area contributed by atoms with Gasteiger partial charge in [-0.3, -0.25) is 0 Å². The first-order chi connectivity index (χ1) is 5.74. The molecule has 0 aliphatic rings. The van der Waals surface area contributed by atoms with Crippen LogP contribution < -0.4 is 5.73 Å². The monoisotopic (exact) mass is 203 g/mol. The quantitative estimate of drug-likeness (QED) is 0.692. The first kappa shape index (κ1) is 12.2. The second-order valence-corrected chi connectivity index (χ2v) is 2.71. The van der Waals surface area contributed by atoms with Crippen LogP contribution in [0.2, 0.25) is 0 Å². The molecule has 1 aromatic rings.